The van der Waals surface area contributed by atoms with Gasteiger partial charge in [-0.1, -0.05) is 34.3 Å². The third-order valence-electron chi connectivity index (χ3n) is 2.73. The Hall–Kier alpha value is -0.970. The predicted molar refractivity (Wildman–Crippen MR) is 71.6 cm³/mol. The van der Waals surface area contributed by atoms with Gasteiger partial charge in [-0.2, -0.15) is 0 Å². The highest BCUT2D eigenvalue weighted by atomic mass is 35.5. The molecular formula is C12H14ClN3S. The largest absolute Gasteiger partial charge is 0.312 e. The number of halogens is 1. The van der Waals surface area contributed by atoms with Crippen LogP contribution < -0.4 is 5.32 Å². The molecule has 0 bridgehead atoms. The topological polar surface area (TPSA) is 37.8 Å². The first-order valence-electron chi connectivity index (χ1n) is 5.42. The van der Waals surface area contributed by atoms with Gasteiger partial charge in [-0.3, -0.25) is 0 Å². The van der Waals surface area contributed by atoms with E-state index in [9.17, 15) is 0 Å². The molecule has 0 aliphatic rings. The number of rotatable bonds is 4. The van der Waals surface area contributed by atoms with Crippen molar-refractivity contribution in [3.63, 3.8) is 0 Å². The van der Waals surface area contributed by atoms with Gasteiger partial charge in [0.1, 0.15) is 0 Å². The summed E-state index contributed by atoms with van der Waals surface area (Å²) in [5.74, 6) is 0. The smallest absolute Gasteiger partial charge is 0.0772 e. The highest BCUT2D eigenvalue weighted by Crippen LogP contribution is 2.26. The molecule has 90 valence electrons. The maximum Gasteiger partial charge on any atom is 0.0772 e. The van der Waals surface area contributed by atoms with Crippen LogP contribution in [-0.2, 0) is 6.42 Å². The summed E-state index contributed by atoms with van der Waals surface area (Å²) in [6.45, 7) is 1.98. The van der Waals surface area contributed by atoms with Crippen LogP contribution in [0.2, 0.25) is 5.02 Å². The molecule has 1 aromatic carbocycles. The van der Waals surface area contributed by atoms with E-state index in [-0.39, 0.29) is 6.04 Å². The minimum absolute atomic E-state index is 0.217. The normalized spacial score (nSPS) is 12.6. The van der Waals surface area contributed by atoms with Gasteiger partial charge in [-0.05, 0) is 43.6 Å². The van der Waals surface area contributed by atoms with Gasteiger partial charge in [-0.25, -0.2) is 0 Å². The van der Waals surface area contributed by atoms with Crippen molar-refractivity contribution in [1.29, 1.82) is 0 Å². The molecule has 2 rings (SSSR count). The maximum atomic E-state index is 6.17. The van der Waals surface area contributed by atoms with Gasteiger partial charge in [0.15, 0.2) is 0 Å². The minimum Gasteiger partial charge on any atom is -0.312 e. The second kappa shape index (κ2) is 5.58. The molecule has 1 N–H and O–H groups in total. The molecule has 1 unspecified atom stereocenters. The summed E-state index contributed by atoms with van der Waals surface area (Å²) >= 11 is 7.61. The lowest BCUT2D eigenvalue weighted by atomic mass is 10.0. The van der Waals surface area contributed by atoms with Crippen LogP contribution in [0.4, 0.5) is 0 Å². The highest BCUT2D eigenvalue weighted by Gasteiger charge is 2.16. The number of nitrogens with one attached hydrogen (secondary N) is 1. The molecule has 1 atom stereocenters. The van der Waals surface area contributed by atoms with Crippen molar-refractivity contribution in [2.75, 3.05) is 7.05 Å². The Labute approximate surface area is 110 Å². The Morgan fingerprint density at radius 3 is 2.76 bits per heavy atom. The molecule has 0 radical (unpaired) electrons. The van der Waals surface area contributed by atoms with Gasteiger partial charge < -0.3 is 5.32 Å². The monoisotopic (exact) mass is 267 g/mol. The molecule has 0 aliphatic carbocycles. The quantitative estimate of drug-likeness (QED) is 0.925. The van der Waals surface area contributed by atoms with Crippen LogP contribution in [0.5, 0.6) is 0 Å². The number of aryl methyl sites for hydroxylation is 1. The first-order chi connectivity index (χ1) is 8.22. The Morgan fingerprint density at radius 2 is 2.18 bits per heavy atom. The standard InChI is InChI=1S/C12H14ClN3S/c1-8-12(17-16-15-8)11(14-2)7-9-5-3-4-6-10(9)13/h3-6,11,14H,7H2,1-2H3. The molecule has 0 spiro atoms. The first kappa shape index (κ1) is 12.5. The van der Waals surface area contributed by atoms with Crippen molar-refractivity contribution in [2.45, 2.75) is 19.4 Å². The lowest BCUT2D eigenvalue weighted by Crippen LogP contribution is -2.18. The van der Waals surface area contributed by atoms with Crippen LogP contribution in [0.15, 0.2) is 24.3 Å². The molecule has 1 heterocycles. The van der Waals surface area contributed by atoms with Gasteiger partial charge in [-0.15, -0.1) is 5.10 Å². The SMILES string of the molecule is CNC(Cc1ccccc1Cl)c1snnc1C. The number of aromatic nitrogens is 2. The number of likely N-dealkylation sites (N-methyl/N-ethyl adjacent to an activating group) is 1. The zero-order valence-electron chi connectivity index (χ0n) is 9.77. The summed E-state index contributed by atoms with van der Waals surface area (Å²) in [4.78, 5) is 1.17. The maximum absolute atomic E-state index is 6.17. The Bertz CT molecular complexity index is 498. The molecule has 0 fully saturated rings. The van der Waals surface area contributed by atoms with E-state index in [0.29, 0.717) is 0 Å². The molecule has 17 heavy (non-hydrogen) atoms. The fourth-order valence-electron chi connectivity index (χ4n) is 1.77. The van der Waals surface area contributed by atoms with E-state index in [1.165, 1.54) is 16.4 Å². The van der Waals surface area contributed by atoms with Crippen LogP contribution in [0.3, 0.4) is 0 Å². The zero-order chi connectivity index (χ0) is 12.3. The number of hydrogen-bond acceptors (Lipinski definition) is 4. The van der Waals surface area contributed by atoms with E-state index in [1.54, 1.807) is 0 Å². The molecule has 3 nitrogen and oxygen atoms in total. The van der Waals surface area contributed by atoms with Crippen LogP contribution in [0.1, 0.15) is 22.2 Å². The summed E-state index contributed by atoms with van der Waals surface area (Å²) in [5.41, 5.74) is 2.13. The van der Waals surface area contributed by atoms with Crippen molar-refractivity contribution in [3.05, 3.63) is 45.4 Å². The summed E-state index contributed by atoms with van der Waals surface area (Å²) in [6, 6.07) is 8.14. The third-order valence-corrected chi connectivity index (χ3v) is 4.04. The summed E-state index contributed by atoms with van der Waals surface area (Å²) in [7, 11) is 1.95. The molecule has 0 saturated heterocycles. The minimum atomic E-state index is 0.217. The van der Waals surface area contributed by atoms with Gasteiger partial charge in [0, 0.05) is 11.1 Å². The van der Waals surface area contributed by atoms with Crippen molar-refractivity contribution in [2.24, 2.45) is 0 Å². The van der Waals surface area contributed by atoms with Crippen LogP contribution >= 0.6 is 23.1 Å². The fraction of sp³-hybridized carbons (Fsp3) is 0.333. The van der Waals surface area contributed by atoms with Crippen molar-refractivity contribution in [3.8, 4) is 0 Å². The van der Waals surface area contributed by atoms with Crippen LogP contribution in [0.25, 0.3) is 0 Å². The number of hydrogen-bond donors (Lipinski definition) is 1. The van der Waals surface area contributed by atoms with E-state index >= 15 is 0 Å². The van der Waals surface area contributed by atoms with Crippen molar-refractivity contribution < 1.29 is 0 Å². The van der Waals surface area contributed by atoms with Crippen LogP contribution in [0, 0.1) is 6.92 Å². The van der Waals surface area contributed by atoms with E-state index in [2.05, 4.69) is 21.0 Å². The predicted octanol–water partition coefficient (Wildman–Crippen LogP) is 3.00. The molecule has 0 amide bonds. The third kappa shape index (κ3) is 2.83. The molecule has 0 saturated carbocycles. The van der Waals surface area contributed by atoms with Gasteiger partial charge in [0.25, 0.3) is 0 Å². The summed E-state index contributed by atoms with van der Waals surface area (Å²) in [6.07, 6.45) is 0.848. The van der Waals surface area contributed by atoms with E-state index in [4.69, 9.17) is 11.6 Å². The lowest BCUT2D eigenvalue weighted by molar-refractivity contribution is 0.598. The number of benzene rings is 1. The molecule has 2 aromatic rings. The number of nitrogens with zero attached hydrogens (tertiary/aromatic N) is 2. The Balaban J connectivity index is 2.22. The van der Waals surface area contributed by atoms with Gasteiger partial charge >= 0.3 is 0 Å². The zero-order valence-corrected chi connectivity index (χ0v) is 11.3. The van der Waals surface area contributed by atoms with Gasteiger partial charge in [0.2, 0.25) is 0 Å². The highest BCUT2D eigenvalue weighted by molar-refractivity contribution is 7.05. The molecule has 0 aliphatic heterocycles. The second-order valence-corrected chi connectivity index (χ2v) is 5.05. The summed E-state index contributed by atoms with van der Waals surface area (Å²) < 4.78 is 3.97. The second-order valence-electron chi connectivity index (χ2n) is 3.86. The Kier molecular flexibility index (Phi) is 4.10. The molecular weight excluding hydrogens is 254 g/mol. The molecule has 1 aromatic heterocycles. The average Bonchev–Trinajstić information content (AvgIpc) is 2.75. The van der Waals surface area contributed by atoms with E-state index < -0.39 is 0 Å². The van der Waals surface area contributed by atoms with E-state index in [1.807, 2.05) is 32.2 Å². The van der Waals surface area contributed by atoms with Crippen molar-refractivity contribution >= 4 is 23.1 Å². The van der Waals surface area contributed by atoms with Crippen molar-refractivity contribution in [1.82, 2.24) is 14.9 Å². The molecule has 5 heteroatoms. The van der Waals surface area contributed by atoms with Gasteiger partial charge in [0.05, 0.1) is 10.6 Å². The van der Waals surface area contributed by atoms with Crippen LogP contribution in [-0.4, -0.2) is 16.6 Å². The fourth-order valence-corrected chi connectivity index (χ4v) is 2.73. The summed E-state index contributed by atoms with van der Waals surface area (Å²) in [5, 5.41) is 8.15. The lowest BCUT2D eigenvalue weighted by Gasteiger charge is -2.15. The average molecular weight is 268 g/mol. The van der Waals surface area contributed by atoms with E-state index in [0.717, 1.165) is 22.7 Å². The first-order valence-corrected chi connectivity index (χ1v) is 6.57. The Morgan fingerprint density at radius 1 is 1.41 bits per heavy atom.